The van der Waals surface area contributed by atoms with Crippen molar-refractivity contribution in [2.45, 2.75) is 157 Å². The van der Waals surface area contributed by atoms with Crippen LogP contribution >= 0.6 is 25.3 Å². The second kappa shape index (κ2) is 52.7. The molecule has 11 atom stereocenters. The first kappa shape index (κ1) is 99.5. The Bertz CT molecular complexity index is 3700. The second-order valence-electron chi connectivity index (χ2n) is 25.9. The predicted octanol–water partition coefficient (Wildman–Crippen LogP) is -12.6. The molecule has 0 saturated carbocycles. The first-order valence-electron chi connectivity index (χ1n) is 35.9. The highest BCUT2D eigenvalue weighted by atomic mass is 32.1. The topological polar surface area (TPSA) is 801 Å². The third-order valence-corrected chi connectivity index (χ3v) is 17.2. The van der Waals surface area contributed by atoms with Gasteiger partial charge in [-0.05, 0) is 89.3 Å². The van der Waals surface area contributed by atoms with E-state index in [1.54, 1.807) is 0 Å². The average molecular weight is 1680 g/mol. The minimum atomic E-state index is -1.86. The lowest BCUT2D eigenvalue weighted by molar-refractivity contribution is -0.143. The van der Waals surface area contributed by atoms with Crippen molar-refractivity contribution in [3.8, 4) is 5.75 Å². The first-order valence-corrected chi connectivity index (χ1v) is 37.2. The van der Waals surface area contributed by atoms with Crippen LogP contribution in [0.5, 0.6) is 5.75 Å². The molecule has 2 rings (SSSR count). The van der Waals surface area contributed by atoms with E-state index in [-0.39, 0.29) is 95.0 Å². The Hall–Kier alpha value is -12.6. The van der Waals surface area contributed by atoms with Crippen molar-refractivity contribution in [3.05, 3.63) is 29.8 Å². The van der Waals surface area contributed by atoms with E-state index in [0.29, 0.717) is 12.0 Å². The summed E-state index contributed by atoms with van der Waals surface area (Å²) in [5, 5.41) is 102. The Morgan fingerprint density at radius 2 is 0.853 bits per heavy atom. The Morgan fingerprint density at radius 1 is 0.440 bits per heavy atom. The van der Waals surface area contributed by atoms with Crippen molar-refractivity contribution in [2.24, 2.45) is 22.9 Å². The van der Waals surface area contributed by atoms with E-state index in [1.807, 2.05) is 0 Å². The number of rotatable bonds is 53. The molecule has 0 spiro atoms. The minimum Gasteiger partial charge on any atom is -0.508 e. The van der Waals surface area contributed by atoms with E-state index >= 15 is 0 Å². The molecular weight excluding hydrogens is 1580 g/mol. The van der Waals surface area contributed by atoms with E-state index in [2.05, 4.69) is 121 Å². The van der Waals surface area contributed by atoms with Crippen LogP contribution in [0.2, 0.25) is 0 Å². The van der Waals surface area contributed by atoms with E-state index in [1.165, 1.54) is 38.1 Å². The number of aliphatic carboxylic acids is 3. The monoisotopic (exact) mass is 1680 g/mol. The molecule has 116 heavy (non-hydrogen) atoms. The summed E-state index contributed by atoms with van der Waals surface area (Å²) in [5.41, 5.74) is 22.2. The maximum atomic E-state index is 14.1. The van der Waals surface area contributed by atoms with Crippen molar-refractivity contribution in [1.82, 2.24) is 101 Å². The zero-order valence-corrected chi connectivity index (χ0v) is 65.1. The van der Waals surface area contributed by atoms with E-state index < -0.39 is 255 Å². The standard InChI is InChI=1S/C65H104N26O23S2/c1-31(83-56(107)36(8-4-18-74-64(69)70)85-59(110)40(22-51(101)102)87-53(104)32(2)82-47(96)26-80-54(105)35(66)7-3-17-73-63(67)68)52(103)79-25-46(95)77-23-44(93)76-24-45(94)78-28-49(98)91-20-6-10-43(91)61(112)86-37(9-5-19-75-65(71)72)57(108)90-42(30-116)60(111)88-39(21-33-11-13-34(92)14-12-33)58(109)89-41(29-115)55(106)81-27-48(97)84-38(62(113)114)15-16-50(99)100/h11-14,31-32,35-43,92,115-116H,3-10,15-30,66H2,1-2H3,(H,76,93)(H,77,95)(H,78,94)(H,79,103)(H,80,105)(H,81,106)(H,82,96)(H,83,107)(H,84,97)(H,85,110)(H,86,112)(H,87,104)(H,88,111)(H,89,109)(H,90,108)(H,99,100)(H,101,102)(H,113,114)(H4,67,68,73)(H4,69,70,74)(H4,71,72,75)/t31-,32-,35-,36-,37-,38-,39-,40-,41-,42-,43-/m0/s1. The number of phenolic OH excluding ortho intramolecular Hbond substituents is 1. The van der Waals surface area contributed by atoms with Crippen LogP contribution in [-0.4, -0.2) is 299 Å². The maximum absolute atomic E-state index is 14.1. The Balaban J connectivity index is 2.05. The van der Waals surface area contributed by atoms with Crippen molar-refractivity contribution < 1.29 is 112 Å². The minimum absolute atomic E-state index is 0.00749. The Labute approximate surface area is 674 Å². The lowest BCUT2D eigenvalue weighted by Gasteiger charge is -2.28. The molecule has 0 unspecified atom stereocenters. The van der Waals surface area contributed by atoms with Crippen molar-refractivity contribution in [1.29, 1.82) is 16.2 Å². The number of hydrogen-bond donors (Lipinski definition) is 31. The number of carboxylic acid groups (broad SMARTS) is 3. The summed E-state index contributed by atoms with van der Waals surface area (Å²) in [6.45, 7) is -1.76. The molecule has 33 N–H and O–H groups in total. The summed E-state index contributed by atoms with van der Waals surface area (Å²) in [6, 6.07) is -10.8. The van der Waals surface area contributed by atoms with E-state index in [4.69, 9.17) is 44.3 Å². The number of guanidine groups is 3. The number of phenols is 1. The lowest BCUT2D eigenvalue weighted by Crippen LogP contribution is -2.60. The molecule has 1 aliphatic heterocycles. The van der Waals surface area contributed by atoms with Crippen molar-refractivity contribution >= 4 is 156 Å². The van der Waals surface area contributed by atoms with Gasteiger partial charge in [0.1, 0.15) is 66.2 Å². The van der Waals surface area contributed by atoms with Crippen LogP contribution in [0.25, 0.3) is 0 Å². The molecule has 0 aliphatic carbocycles. The van der Waals surface area contributed by atoms with Gasteiger partial charge in [-0.2, -0.15) is 25.3 Å². The molecule has 1 fully saturated rings. The summed E-state index contributed by atoms with van der Waals surface area (Å²) in [4.78, 5) is 248. The number of carbonyl (C=O) groups excluding carboxylic acids is 16. The van der Waals surface area contributed by atoms with Crippen molar-refractivity contribution in [3.63, 3.8) is 0 Å². The number of aromatic hydroxyl groups is 1. The number of carboxylic acids is 3. The number of carbonyl (C=O) groups is 19. The van der Waals surface area contributed by atoms with Crippen LogP contribution in [-0.2, 0) is 97.5 Å². The van der Waals surface area contributed by atoms with Gasteiger partial charge in [0.25, 0.3) is 0 Å². The van der Waals surface area contributed by atoms with Gasteiger partial charge in [0, 0.05) is 50.5 Å². The molecule has 0 bridgehead atoms. The molecule has 644 valence electrons. The van der Waals surface area contributed by atoms with Crippen LogP contribution in [0.15, 0.2) is 24.3 Å². The van der Waals surface area contributed by atoms with Gasteiger partial charge in [-0.1, -0.05) is 12.1 Å². The molecule has 1 aliphatic rings. The first-order chi connectivity index (χ1) is 54.6. The maximum Gasteiger partial charge on any atom is 0.326 e. The summed E-state index contributed by atoms with van der Waals surface area (Å²) in [5.74, 6) is -21.7. The fraction of sp³-hybridized carbons (Fsp3) is 0.569. The highest BCUT2D eigenvalue weighted by Gasteiger charge is 2.38. The molecule has 16 amide bonds. The van der Waals surface area contributed by atoms with Crippen LogP contribution in [0, 0.1) is 16.2 Å². The molecule has 1 heterocycles. The SMILES string of the molecule is C[C@H](NC(=O)CNC(=O)[C@@H](N)CCCNC(=N)N)C(=O)N[C@@H](CC(=O)O)C(=O)N[C@@H](CCCNC(=N)N)C(=O)N[C@@H](C)C(=O)NCC(=O)NCC(=O)NCC(=O)NCC(=O)N1CCC[C@H]1C(=O)N[C@@H](CCCNC(=N)N)C(=O)N[C@@H](CS)C(=O)N[C@@H](Cc1ccc(O)cc1)C(=O)N[C@@H](CS)C(=O)NCC(=O)N[C@@H](CCC(=O)O)C(=O)O. The average Bonchev–Trinajstić information content (AvgIpc) is 1.64. The number of nitrogens with zero attached hydrogens (tertiary/aromatic N) is 1. The highest BCUT2D eigenvalue weighted by molar-refractivity contribution is 7.80. The fourth-order valence-corrected chi connectivity index (χ4v) is 10.9. The summed E-state index contributed by atoms with van der Waals surface area (Å²) < 4.78 is 0. The lowest BCUT2D eigenvalue weighted by atomic mass is 10.0. The van der Waals surface area contributed by atoms with Gasteiger partial charge in [-0.15, -0.1) is 0 Å². The fourth-order valence-electron chi connectivity index (χ4n) is 10.4. The molecular formula is C65H104N26O23S2. The number of hydrogen-bond acceptors (Lipinski definition) is 26. The number of likely N-dealkylation sites (tertiary alicyclic amines) is 1. The smallest absolute Gasteiger partial charge is 0.326 e. The van der Waals surface area contributed by atoms with Gasteiger partial charge in [0.15, 0.2) is 17.9 Å². The van der Waals surface area contributed by atoms with E-state index in [0.717, 1.165) is 4.90 Å². The molecule has 1 saturated heterocycles. The third-order valence-electron chi connectivity index (χ3n) is 16.5. The molecule has 51 heteroatoms. The number of thiol groups is 2. The molecule has 0 radical (unpaired) electrons. The Morgan fingerprint density at radius 3 is 1.37 bits per heavy atom. The van der Waals surface area contributed by atoms with Crippen LogP contribution in [0.4, 0.5) is 0 Å². The van der Waals surface area contributed by atoms with Crippen LogP contribution in [0.3, 0.4) is 0 Å². The molecule has 49 nitrogen and oxygen atoms in total. The van der Waals surface area contributed by atoms with Gasteiger partial charge in [-0.3, -0.25) is 103 Å². The van der Waals surface area contributed by atoms with Gasteiger partial charge < -0.3 is 144 Å². The van der Waals surface area contributed by atoms with Gasteiger partial charge in [-0.25, -0.2) is 4.79 Å². The zero-order valence-electron chi connectivity index (χ0n) is 63.3. The summed E-state index contributed by atoms with van der Waals surface area (Å²) >= 11 is 8.37. The third kappa shape index (κ3) is 40.2. The van der Waals surface area contributed by atoms with Gasteiger partial charge in [0.2, 0.25) is 94.5 Å². The normalized spacial score (nSPS) is 14.6. The largest absolute Gasteiger partial charge is 0.508 e. The summed E-state index contributed by atoms with van der Waals surface area (Å²) in [7, 11) is 0. The highest BCUT2D eigenvalue weighted by Crippen LogP contribution is 2.19. The number of benzene rings is 1. The zero-order chi connectivity index (χ0) is 87.3. The quantitative estimate of drug-likeness (QED) is 0.0125. The van der Waals surface area contributed by atoms with Crippen molar-refractivity contribution in [2.75, 3.05) is 77.0 Å². The number of amides is 16. The van der Waals surface area contributed by atoms with Gasteiger partial charge >= 0.3 is 17.9 Å². The Kier molecular flexibility index (Phi) is 45.2. The molecule has 1 aromatic carbocycles. The molecule has 0 aromatic heterocycles. The van der Waals surface area contributed by atoms with Crippen LogP contribution in [0.1, 0.15) is 90.0 Å². The summed E-state index contributed by atoms with van der Waals surface area (Å²) in [6.07, 6.45) is -1.81. The van der Waals surface area contributed by atoms with E-state index in [9.17, 15) is 106 Å². The van der Waals surface area contributed by atoms with Crippen LogP contribution < -0.4 is 119 Å². The second-order valence-corrected chi connectivity index (χ2v) is 26.6. The number of nitrogens with one attached hydrogen (secondary N) is 21. The van der Waals surface area contributed by atoms with Gasteiger partial charge in [0.05, 0.1) is 51.7 Å². The molecule has 1 aromatic rings. The number of nitrogens with two attached hydrogens (primary N) is 4. The predicted molar refractivity (Wildman–Crippen MR) is 413 cm³/mol.